The molecule has 2 rings (SSSR count). The van der Waals surface area contributed by atoms with Crippen molar-refractivity contribution in [3.05, 3.63) is 32.9 Å². The van der Waals surface area contributed by atoms with E-state index in [9.17, 15) is 19.1 Å². The smallest absolute Gasteiger partial charge is 0.328 e. The van der Waals surface area contributed by atoms with E-state index in [1.807, 2.05) is 0 Å². The van der Waals surface area contributed by atoms with Crippen molar-refractivity contribution in [1.29, 1.82) is 0 Å². The van der Waals surface area contributed by atoms with Crippen molar-refractivity contribution in [1.82, 2.24) is 9.55 Å². The topological polar surface area (TPSA) is 125 Å². The third-order valence-electron chi connectivity index (χ3n) is 3.07. The summed E-state index contributed by atoms with van der Waals surface area (Å²) < 4.78 is 19.1. The van der Waals surface area contributed by atoms with Gasteiger partial charge in [0.05, 0.1) is 25.5 Å². The predicted octanol–water partition coefficient (Wildman–Crippen LogP) is -2.67. The standard InChI is InChI=1S/C10H13FN2O6/c11-4-1-13(10(18)12-9(4)17)7-5(2-14)19-6(3-15)8(7)16/h1,5-8,14-16H,2-3H2,(H,12,17,18). The van der Waals surface area contributed by atoms with Gasteiger partial charge in [-0.3, -0.25) is 14.3 Å². The minimum Gasteiger partial charge on any atom is -0.394 e. The molecule has 1 aliphatic heterocycles. The van der Waals surface area contributed by atoms with E-state index in [2.05, 4.69) is 0 Å². The van der Waals surface area contributed by atoms with Gasteiger partial charge in [-0.15, -0.1) is 0 Å². The van der Waals surface area contributed by atoms with Crippen LogP contribution >= 0.6 is 0 Å². The lowest BCUT2D eigenvalue weighted by Gasteiger charge is -2.21. The third-order valence-corrected chi connectivity index (χ3v) is 3.07. The normalized spacial score (nSPS) is 30.7. The molecule has 1 saturated heterocycles. The Labute approximate surface area is 105 Å². The molecule has 1 fully saturated rings. The Morgan fingerprint density at radius 3 is 2.53 bits per heavy atom. The van der Waals surface area contributed by atoms with Gasteiger partial charge in [0.2, 0.25) is 5.82 Å². The first-order chi connectivity index (χ1) is 8.99. The Morgan fingerprint density at radius 1 is 1.32 bits per heavy atom. The molecule has 4 unspecified atom stereocenters. The number of rotatable bonds is 3. The SMILES string of the molecule is O=c1[nH]c(=O)n(C2C(CO)OC(CO)C2O)cc1F. The number of aromatic nitrogens is 2. The van der Waals surface area contributed by atoms with E-state index in [0.29, 0.717) is 6.20 Å². The molecular formula is C10H13FN2O6. The molecule has 0 aromatic carbocycles. The highest BCUT2D eigenvalue weighted by molar-refractivity contribution is 4.99. The summed E-state index contributed by atoms with van der Waals surface area (Å²) in [6, 6.07) is -1.10. The molecule has 0 saturated carbocycles. The summed E-state index contributed by atoms with van der Waals surface area (Å²) >= 11 is 0. The van der Waals surface area contributed by atoms with Crippen LogP contribution in [0.4, 0.5) is 4.39 Å². The van der Waals surface area contributed by atoms with E-state index in [-0.39, 0.29) is 0 Å². The minimum atomic E-state index is -1.31. The molecule has 19 heavy (non-hydrogen) atoms. The van der Waals surface area contributed by atoms with Gasteiger partial charge in [0, 0.05) is 0 Å². The molecule has 0 amide bonds. The van der Waals surface area contributed by atoms with Crippen LogP contribution in [0.3, 0.4) is 0 Å². The quantitative estimate of drug-likeness (QED) is 0.477. The van der Waals surface area contributed by atoms with Gasteiger partial charge in [0.15, 0.2) is 0 Å². The van der Waals surface area contributed by atoms with Crippen LogP contribution < -0.4 is 11.2 Å². The predicted molar refractivity (Wildman–Crippen MR) is 59.2 cm³/mol. The molecule has 0 spiro atoms. The van der Waals surface area contributed by atoms with Gasteiger partial charge in [-0.1, -0.05) is 0 Å². The lowest BCUT2D eigenvalue weighted by molar-refractivity contribution is -0.0362. The fraction of sp³-hybridized carbons (Fsp3) is 0.600. The van der Waals surface area contributed by atoms with Crippen LogP contribution in [-0.2, 0) is 4.74 Å². The molecule has 0 radical (unpaired) electrons. The third kappa shape index (κ3) is 2.32. The van der Waals surface area contributed by atoms with Crippen molar-refractivity contribution >= 4 is 0 Å². The highest BCUT2D eigenvalue weighted by Gasteiger charge is 2.44. The second kappa shape index (κ2) is 5.21. The molecule has 106 valence electrons. The lowest BCUT2D eigenvalue weighted by Crippen LogP contribution is -2.41. The van der Waals surface area contributed by atoms with Crippen LogP contribution in [0, 0.1) is 5.82 Å². The van der Waals surface area contributed by atoms with E-state index in [0.717, 1.165) is 4.57 Å². The second-order valence-corrected chi connectivity index (χ2v) is 4.20. The van der Waals surface area contributed by atoms with Crippen LogP contribution in [0.15, 0.2) is 15.8 Å². The minimum absolute atomic E-state index is 0.519. The van der Waals surface area contributed by atoms with E-state index in [1.54, 1.807) is 4.98 Å². The monoisotopic (exact) mass is 276 g/mol. The number of aliphatic hydroxyl groups is 3. The van der Waals surface area contributed by atoms with Crippen molar-refractivity contribution < 1.29 is 24.4 Å². The summed E-state index contributed by atoms with van der Waals surface area (Å²) in [6.07, 6.45) is -2.66. The van der Waals surface area contributed by atoms with Crippen molar-refractivity contribution in [3.63, 3.8) is 0 Å². The van der Waals surface area contributed by atoms with Crippen LogP contribution in [0.2, 0.25) is 0 Å². The number of H-pyrrole nitrogens is 1. The number of nitrogens with one attached hydrogen (secondary N) is 1. The molecule has 4 atom stereocenters. The van der Waals surface area contributed by atoms with Gasteiger partial charge < -0.3 is 20.1 Å². The zero-order valence-electron chi connectivity index (χ0n) is 9.69. The largest absolute Gasteiger partial charge is 0.394 e. The highest BCUT2D eigenvalue weighted by Crippen LogP contribution is 2.29. The number of ether oxygens (including phenoxy) is 1. The van der Waals surface area contributed by atoms with Crippen LogP contribution in [-0.4, -0.2) is 56.4 Å². The van der Waals surface area contributed by atoms with Gasteiger partial charge in [-0.25, -0.2) is 4.79 Å². The van der Waals surface area contributed by atoms with Gasteiger partial charge >= 0.3 is 5.69 Å². The summed E-state index contributed by atoms with van der Waals surface area (Å²) in [6.45, 7) is -1.06. The van der Waals surface area contributed by atoms with Gasteiger partial charge in [0.1, 0.15) is 18.3 Å². The van der Waals surface area contributed by atoms with E-state index >= 15 is 0 Å². The molecule has 0 aliphatic carbocycles. The molecule has 4 N–H and O–H groups in total. The van der Waals surface area contributed by atoms with Gasteiger partial charge in [-0.05, 0) is 0 Å². The van der Waals surface area contributed by atoms with Gasteiger partial charge in [-0.2, -0.15) is 4.39 Å². The first-order valence-electron chi connectivity index (χ1n) is 5.55. The summed E-state index contributed by atoms with van der Waals surface area (Å²) in [5, 5.41) is 28.1. The number of hydrogen-bond donors (Lipinski definition) is 4. The number of hydrogen-bond acceptors (Lipinski definition) is 6. The van der Waals surface area contributed by atoms with Crippen LogP contribution in [0.5, 0.6) is 0 Å². The fourth-order valence-electron chi connectivity index (χ4n) is 2.15. The Balaban J connectivity index is 2.47. The number of aliphatic hydroxyl groups excluding tert-OH is 3. The molecule has 1 aromatic rings. The fourth-order valence-corrected chi connectivity index (χ4v) is 2.15. The van der Waals surface area contributed by atoms with Crippen LogP contribution in [0.1, 0.15) is 6.04 Å². The summed E-state index contributed by atoms with van der Waals surface area (Å²) in [5.41, 5.74) is -2.11. The van der Waals surface area contributed by atoms with Crippen molar-refractivity contribution in [3.8, 4) is 0 Å². The number of aromatic amines is 1. The Bertz CT molecular complexity index is 568. The lowest BCUT2D eigenvalue weighted by atomic mass is 10.1. The summed E-state index contributed by atoms with van der Waals surface area (Å²) in [4.78, 5) is 24.3. The zero-order valence-corrected chi connectivity index (χ0v) is 9.69. The molecular weight excluding hydrogens is 263 g/mol. The molecule has 1 aliphatic rings. The van der Waals surface area contributed by atoms with Crippen molar-refractivity contribution in [2.75, 3.05) is 13.2 Å². The van der Waals surface area contributed by atoms with Crippen molar-refractivity contribution in [2.24, 2.45) is 0 Å². The molecule has 1 aromatic heterocycles. The maximum atomic E-state index is 13.2. The van der Waals surface area contributed by atoms with E-state index < -0.39 is 54.6 Å². The maximum absolute atomic E-state index is 13.2. The Morgan fingerprint density at radius 2 is 1.95 bits per heavy atom. The average molecular weight is 276 g/mol. The molecule has 9 heteroatoms. The highest BCUT2D eigenvalue weighted by atomic mass is 19.1. The zero-order chi connectivity index (χ0) is 14.2. The average Bonchev–Trinajstić information content (AvgIpc) is 2.70. The number of nitrogens with zero attached hydrogens (tertiary/aromatic N) is 1. The molecule has 2 heterocycles. The molecule has 8 nitrogen and oxygen atoms in total. The summed E-state index contributed by atoms with van der Waals surface area (Å²) in [5.74, 6) is -1.20. The van der Waals surface area contributed by atoms with Gasteiger partial charge in [0.25, 0.3) is 5.56 Å². The van der Waals surface area contributed by atoms with Crippen molar-refractivity contribution in [2.45, 2.75) is 24.4 Å². The van der Waals surface area contributed by atoms with Crippen LogP contribution in [0.25, 0.3) is 0 Å². The summed E-state index contributed by atoms with van der Waals surface area (Å²) in [7, 11) is 0. The van der Waals surface area contributed by atoms with E-state index in [1.165, 1.54) is 0 Å². The Hall–Kier alpha value is -1.55. The van der Waals surface area contributed by atoms with E-state index in [4.69, 9.17) is 14.9 Å². The first kappa shape index (κ1) is 13.9. The number of halogens is 1. The second-order valence-electron chi connectivity index (χ2n) is 4.20. The maximum Gasteiger partial charge on any atom is 0.328 e. The Kier molecular flexibility index (Phi) is 3.80. The molecule has 0 bridgehead atoms. The first-order valence-corrected chi connectivity index (χ1v) is 5.55.